The summed E-state index contributed by atoms with van der Waals surface area (Å²) >= 11 is 0. The Kier molecular flexibility index (Phi) is 8.16. The van der Waals surface area contributed by atoms with Gasteiger partial charge in [-0.3, -0.25) is 14.5 Å². The van der Waals surface area contributed by atoms with Crippen molar-refractivity contribution in [3.05, 3.63) is 0 Å². The van der Waals surface area contributed by atoms with E-state index in [9.17, 15) is 14.4 Å². The molecule has 3 aliphatic rings. The van der Waals surface area contributed by atoms with Gasteiger partial charge in [0.2, 0.25) is 11.8 Å². The normalized spacial score (nSPS) is 25.1. The Bertz CT molecular complexity index is 650. The molecule has 4 amide bonds. The van der Waals surface area contributed by atoms with Crippen LogP contribution in [0.25, 0.3) is 0 Å². The van der Waals surface area contributed by atoms with E-state index in [0.29, 0.717) is 51.7 Å². The SMILES string of the molecule is CCCN1CCN(C(=O)CN2C[C@@H]3CN(CCOC)C(=O)[C@H](CC(C)C)N3C2=O)CC1. The molecule has 9 heteroatoms. The maximum Gasteiger partial charge on any atom is 0.321 e. The Morgan fingerprint density at radius 3 is 2.35 bits per heavy atom. The van der Waals surface area contributed by atoms with Gasteiger partial charge in [-0.2, -0.15) is 0 Å². The van der Waals surface area contributed by atoms with Crippen molar-refractivity contribution >= 4 is 17.8 Å². The highest BCUT2D eigenvalue weighted by molar-refractivity contribution is 5.92. The number of piperazine rings is 2. The van der Waals surface area contributed by atoms with Crippen molar-refractivity contribution in [2.45, 2.75) is 45.7 Å². The number of amides is 4. The Morgan fingerprint density at radius 2 is 1.74 bits per heavy atom. The highest BCUT2D eigenvalue weighted by atomic mass is 16.5. The molecule has 0 radical (unpaired) electrons. The molecule has 0 aromatic carbocycles. The van der Waals surface area contributed by atoms with Crippen LogP contribution in [-0.4, -0.2) is 127 Å². The number of fused-ring (bicyclic) bond motifs is 1. The van der Waals surface area contributed by atoms with Crippen molar-refractivity contribution in [2.24, 2.45) is 5.92 Å². The average molecular weight is 438 g/mol. The lowest BCUT2D eigenvalue weighted by Crippen LogP contribution is -2.61. The Morgan fingerprint density at radius 1 is 1.06 bits per heavy atom. The Labute approximate surface area is 186 Å². The molecule has 2 atom stereocenters. The second-order valence-corrected chi connectivity index (χ2v) is 9.37. The minimum Gasteiger partial charge on any atom is -0.383 e. The van der Waals surface area contributed by atoms with Gasteiger partial charge in [0.1, 0.15) is 12.6 Å². The van der Waals surface area contributed by atoms with E-state index in [4.69, 9.17) is 4.74 Å². The smallest absolute Gasteiger partial charge is 0.321 e. The monoisotopic (exact) mass is 437 g/mol. The topological polar surface area (TPSA) is 76.6 Å². The van der Waals surface area contributed by atoms with Gasteiger partial charge in [-0.15, -0.1) is 0 Å². The van der Waals surface area contributed by atoms with E-state index in [1.807, 2.05) is 9.80 Å². The summed E-state index contributed by atoms with van der Waals surface area (Å²) in [4.78, 5) is 48.7. The van der Waals surface area contributed by atoms with Crippen molar-refractivity contribution in [1.82, 2.24) is 24.5 Å². The molecule has 0 aliphatic carbocycles. The molecule has 3 fully saturated rings. The van der Waals surface area contributed by atoms with E-state index in [2.05, 4.69) is 25.7 Å². The fraction of sp³-hybridized carbons (Fsp3) is 0.864. The zero-order chi connectivity index (χ0) is 22.5. The fourth-order valence-corrected chi connectivity index (χ4v) is 4.94. The minimum absolute atomic E-state index is 0.00410. The maximum absolute atomic E-state index is 13.2. The summed E-state index contributed by atoms with van der Waals surface area (Å²) in [5.74, 6) is 0.294. The van der Waals surface area contributed by atoms with E-state index in [0.717, 1.165) is 26.1 Å². The number of hydrogen-bond donors (Lipinski definition) is 0. The van der Waals surface area contributed by atoms with Gasteiger partial charge >= 0.3 is 6.03 Å². The highest BCUT2D eigenvalue weighted by Crippen LogP contribution is 2.29. The molecule has 0 spiro atoms. The number of rotatable bonds is 9. The Hall–Kier alpha value is -1.87. The van der Waals surface area contributed by atoms with Crippen LogP contribution in [0.5, 0.6) is 0 Å². The van der Waals surface area contributed by atoms with Crippen LogP contribution < -0.4 is 0 Å². The fourth-order valence-electron chi connectivity index (χ4n) is 4.94. The van der Waals surface area contributed by atoms with Gasteiger partial charge in [0.15, 0.2) is 0 Å². The predicted molar refractivity (Wildman–Crippen MR) is 118 cm³/mol. The molecule has 3 heterocycles. The van der Waals surface area contributed by atoms with E-state index in [1.54, 1.807) is 16.9 Å². The first kappa shape index (κ1) is 23.8. The van der Waals surface area contributed by atoms with Gasteiger partial charge in [0.05, 0.1) is 12.6 Å². The van der Waals surface area contributed by atoms with Gasteiger partial charge in [-0.05, 0) is 25.3 Å². The molecule has 0 aromatic rings. The molecule has 0 bridgehead atoms. The molecule has 0 saturated carbocycles. The molecular weight excluding hydrogens is 398 g/mol. The van der Waals surface area contributed by atoms with Crippen molar-refractivity contribution < 1.29 is 19.1 Å². The van der Waals surface area contributed by atoms with E-state index in [-0.39, 0.29) is 30.4 Å². The van der Waals surface area contributed by atoms with Crippen LogP contribution in [0.2, 0.25) is 0 Å². The molecule has 3 rings (SSSR count). The average Bonchev–Trinajstić information content (AvgIpc) is 3.04. The van der Waals surface area contributed by atoms with Crippen molar-refractivity contribution in [3.8, 4) is 0 Å². The van der Waals surface area contributed by atoms with E-state index < -0.39 is 6.04 Å². The summed E-state index contributed by atoms with van der Waals surface area (Å²) in [5.41, 5.74) is 0. The van der Waals surface area contributed by atoms with Crippen LogP contribution in [0.4, 0.5) is 4.79 Å². The lowest BCUT2D eigenvalue weighted by atomic mass is 9.97. The summed E-state index contributed by atoms with van der Waals surface area (Å²) in [6.07, 6.45) is 1.75. The van der Waals surface area contributed by atoms with Crippen LogP contribution in [-0.2, 0) is 14.3 Å². The van der Waals surface area contributed by atoms with Crippen LogP contribution >= 0.6 is 0 Å². The summed E-state index contributed by atoms with van der Waals surface area (Å²) in [6, 6.07) is -0.700. The molecule has 0 unspecified atom stereocenters. The first-order chi connectivity index (χ1) is 14.8. The number of urea groups is 1. The minimum atomic E-state index is -0.458. The van der Waals surface area contributed by atoms with Gasteiger partial charge in [0.25, 0.3) is 0 Å². The molecule has 3 saturated heterocycles. The predicted octanol–water partition coefficient (Wildman–Crippen LogP) is 0.550. The number of nitrogens with zero attached hydrogens (tertiary/aromatic N) is 5. The maximum atomic E-state index is 13.2. The first-order valence-electron chi connectivity index (χ1n) is 11.7. The standard InChI is InChI=1S/C22H39N5O4/c1-5-6-23-7-9-24(10-8-23)20(28)16-26-15-18-14-25(11-12-31-4)21(29)19(13-17(2)3)27(18)22(26)30/h17-19H,5-16H2,1-4H3/t18-,19-/m0/s1. The van der Waals surface area contributed by atoms with Crippen LogP contribution in [0.3, 0.4) is 0 Å². The third kappa shape index (κ3) is 5.49. The summed E-state index contributed by atoms with van der Waals surface area (Å²) < 4.78 is 5.17. The molecule has 3 aliphatic heterocycles. The third-order valence-corrected chi connectivity index (χ3v) is 6.53. The molecule has 0 N–H and O–H groups in total. The number of hydrogen-bond acceptors (Lipinski definition) is 5. The zero-order valence-electron chi connectivity index (χ0n) is 19.6. The lowest BCUT2D eigenvalue weighted by Gasteiger charge is -2.42. The summed E-state index contributed by atoms with van der Waals surface area (Å²) in [6.45, 7) is 12.7. The summed E-state index contributed by atoms with van der Waals surface area (Å²) in [7, 11) is 1.63. The molecule has 31 heavy (non-hydrogen) atoms. The highest BCUT2D eigenvalue weighted by Gasteiger charge is 2.49. The molecular formula is C22H39N5O4. The van der Waals surface area contributed by atoms with Crippen LogP contribution in [0.1, 0.15) is 33.6 Å². The number of carbonyl (C=O) groups is 3. The zero-order valence-corrected chi connectivity index (χ0v) is 19.6. The van der Waals surface area contributed by atoms with Gasteiger partial charge in [-0.1, -0.05) is 20.8 Å². The van der Waals surface area contributed by atoms with Crippen molar-refractivity contribution in [1.29, 1.82) is 0 Å². The van der Waals surface area contributed by atoms with E-state index in [1.165, 1.54) is 0 Å². The van der Waals surface area contributed by atoms with Crippen molar-refractivity contribution in [3.63, 3.8) is 0 Å². The van der Waals surface area contributed by atoms with Gasteiger partial charge in [0, 0.05) is 52.9 Å². The van der Waals surface area contributed by atoms with Crippen LogP contribution in [0, 0.1) is 5.92 Å². The quantitative estimate of drug-likeness (QED) is 0.527. The van der Waals surface area contributed by atoms with Gasteiger partial charge in [-0.25, -0.2) is 4.79 Å². The number of carbonyl (C=O) groups excluding carboxylic acids is 3. The van der Waals surface area contributed by atoms with Gasteiger partial charge < -0.3 is 24.3 Å². The number of methoxy groups -OCH3 is 1. The van der Waals surface area contributed by atoms with Crippen molar-refractivity contribution in [2.75, 3.05) is 72.6 Å². The third-order valence-electron chi connectivity index (χ3n) is 6.53. The largest absolute Gasteiger partial charge is 0.383 e. The Balaban J connectivity index is 1.64. The second kappa shape index (κ2) is 10.6. The second-order valence-electron chi connectivity index (χ2n) is 9.37. The summed E-state index contributed by atoms with van der Waals surface area (Å²) in [5, 5.41) is 0. The molecule has 176 valence electrons. The number of ether oxygens (including phenoxy) is 1. The van der Waals surface area contributed by atoms with E-state index >= 15 is 0 Å². The molecule has 0 aromatic heterocycles. The molecule has 9 nitrogen and oxygen atoms in total. The lowest BCUT2D eigenvalue weighted by molar-refractivity contribution is -0.143. The first-order valence-corrected chi connectivity index (χ1v) is 11.7. The van der Waals surface area contributed by atoms with Crippen LogP contribution in [0.15, 0.2) is 0 Å².